The molecule has 0 radical (unpaired) electrons. The molecule has 1 aliphatic rings. The average molecular weight is 219 g/mol. The minimum absolute atomic E-state index is 0.0923. The van der Waals surface area contributed by atoms with E-state index >= 15 is 0 Å². The molecule has 3 heteroatoms. The van der Waals surface area contributed by atoms with Crippen LogP contribution in [0.25, 0.3) is 0 Å². The van der Waals surface area contributed by atoms with Crippen LogP contribution in [0.1, 0.15) is 31.2 Å². The molecule has 1 aromatic carbocycles. The smallest absolute Gasteiger partial charge is 0.306 e. The zero-order valence-electron chi connectivity index (χ0n) is 9.53. The molecule has 1 aliphatic heterocycles. The lowest BCUT2D eigenvalue weighted by Gasteiger charge is -2.09. The number of nitrogens with one attached hydrogen (secondary N) is 1. The first-order valence-electron chi connectivity index (χ1n) is 5.79. The second-order valence-electron chi connectivity index (χ2n) is 4.09. The molecular formula is C13H17NO2. The van der Waals surface area contributed by atoms with Crippen molar-refractivity contribution in [2.24, 2.45) is 0 Å². The minimum atomic E-state index is -0.0923. The van der Waals surface area contributed by atoms with Gasteiger partial charge in [-0.3, -0.25) is 4.79 Å². The number of rotatable bonds is 4. The Bertz CT molecular complexity index is 376. The van der Waals surface area contributed by atoms with Gasteiger partial charge in [-0.2, -0.15) is 0 Å². The van der Waals surface area contributed by atoms with Crippen molar-refractivity contribution in [3.63, 3.8) is 0 Å². The second-order valence-corrected chi connectivity index (χ2v) is 4.09. The lowest BCUT2D eigenvalue weighted by Crippen LogP contribution is -2.12. The van der Waals surface area contributed by atoms with Crippen molar-refractivity contribution in [1.82, 2.24) is 0 Å². The quantitative estimate of drug-likeness (QED) is 0.791. The Morgan fingerprint density at radius 3 is 3.12 bits per heavy atom. The summed E-state index contributed by atoms with van der Waals surface area (Å²) in [5.74, 6) is 0.172. The number of para-hydroxylation sites is 1. The summed E-state index contributed by atoms with van der Waals surface area (Å²) in [6.45, 7) is 3.36. The van der Waals surface area contributed by atoms with Gasteiger partial charge >= 0.3 is 5.97 Å². The second kappa shape index (κ2) is 5.01. The van der Waals surface area contributed by atoms with E-state index in [1.54, 1.807) is 0 Å². The van der Waals surface area contributed by atoms with Crippen molar-refractivity contribution in [2.45, 2.75) is 25.7 Å². The molecule has 0 aromatic heterocycles. The third-order valence-electron chi connectivity index (χ3n) is 2.82. The van der Waals surface area contributed by atoms with Gasteiger partial charge in [0.25, 0.3) is 0 Å². The summed E-state index contributed by atoms with van der Waals surface area (Å²) < 4.78 is 5.10. The van der Waals surface area contributed by atoms with Crippen molar-refractivity contribution in [3.8, 4) is 0 Å². The zero-order valence-corrected chi connectivity index (χ0v) is 9.53. The van der Waals surface area contributed by atoms with Crippen molar-refractivity contribution in [1.29, 1.82) is 0 Å². The van der Waals surface area contributed by atoms with Gasteiger partial charge in [-0.05, 0) is 18.1 Å². The molecule has 1 unspecified atom stereocenters. The predicted molar refractivity (Wildman–Crippen MR) is 63.5 cm³/mol. The van der Waals surface area contributed by atoms with E-state index in [0.29, 0.717) is 13.0 Å². The van der Waals surface area contributed by atoms with E-state index in [1.165, 1.54) is 5.56 Å². The highest BCUT2D eigenvalue weighted by molar-refractivity contribution is 5.72. The molecule has 0 amide bonds. The zero-order chi connectivity index (χ0) is 11.4. The van der Waals surface area contributed by atoms with Crippen LogP contribution >= 0.6 is 0 Å². The Morgan fingerprint density at radius 2 is 2.31 bits per heavy atom. The molecule has 0 spiro atoms. The summed E-state index contributed by atoms with van der Waals surface area (Å²) in [7, 11) is 0. The van der Waals surface area contributed by atoms with E-state index in [0.717, 1.165) is 18.7 Å². The van der Waals surface area contributed by atoms with Gasteiger partial charge < -0.3 is 10.1 Å². The number of carbonyl (C=O) groups excluding carboxylic acids is 1. The first kappa shape index (κ1) is 11.0. The van der Waals surface area contributed by atoms with Crippen LogP contribution in [0.3, 0.4) is 0 Å². The maximum atomic E-state index is 11.5. The number of fused-ring (bicyclic) bond motifs is 1. The number of ether oxygens (including phenoxy) is 1. The van der Waals surface area contributed by atoms with Crippen LogP contribution in [0.5, 0.6) is 0 Å². The van der Waals surface area contributed by atoms with Crippen molar-refractivity contribution < 1.29 is 9.53 Å². The molecule has 1 heterocycles. The molecule has 1 aromatic rings. The summed E-state index contributed by atoms with van der Waals surface area (Å²) in [6.07, 6.45) is 1.36. The summed E-state index contributed by atoms with van der Waals surface area (Å²) in [5, 5.41) is 3.30. The normalized spacial score (nSPS) is 17.7. The van der Waals surface area contributed by atoms with Gasteiger partial charge in [0.1, 0.15) is 0 Å². The summed E-state index contributed by atoms with van der Waals surface area (Å²) in [4.78, 5) is 11.5. The number of carbonyl (C=O) groups is 1. The summed E-state index contributed by atoms with van der Waals surface area (Å²) in [6, 6.07) is 8.14. The standard InChI is InChI=1S/C13H17NO2/c1-2-7-16-13(15)8-10-9-14-12-6-4-3-5-11(10)12/h3-6,10,14H,2,7-9H2,1H3. The van der Waals surface area contributed by atoms with Crippen LogP contribution in [0, 0.1) is 0 Å². The summed E-state index contributed by atoms with van der Waals surface area (Å²) in [5.41, 5.74) is 2.38. The van der Waals surface area contributed by atoms with Crippen LogP contribution in [0.15, 0.2) is 24.3 Å². The van der Waals surface area contributed by atoms with Crippen LogP contribution in [0.4, 0.5) is 5.69 Å². The molecule has 1 atom stereocenters. The lowest BCUT2D eigenvalue weighted by atomic mass is 9.98. The van der Waals surface area contributed by atoms with E-state index in [-0.39, 0.29) is 11.9 Å². The van der Waals surface area contributed by atoms with Gasteiger partial charge in [0, 0.05) is 18.2 Å². The summed E-state index contributed by atoms with van der Waals surface area (Å²) >= 11 is 0. The highest BCUT2D eigenvalue weighted by Gasteiger charge is 2.24. The SMILES string of the molecule is CCCOC(=O)CC1CNc2ccccc21. The maximum Gasteiger partial charge on any atom is 0.306 e. The highest BCUT2D eigenvalue weighted by atomic mass is 16.5. The number of hydrogen-bond donors (Lipinski definition) is 1. The van der Waals surface area contributed by atoms with E-state index in [1.807, 2.05) is 25.1 Å². The number of benzene rings is 1. The molecule has 1 N–H and O–H groups in total. The number of anilines is 1. The molecule has 3 nitrogen and oxygen atoms in total. The van der Waals surface area contributed by atoms with Gasteiger partial charge in [-0.15, -0.1) is 0 Å². The van der Waals surface area contributed by atoms with Gasteiger partial charge in [0.05, 0.1) is 13.0 Å². The van der Waals surface area contributed by atoms with Crippen molar-refractivity contribution in [3.05, 3.63) is 29.8 Å². The third-order valence-corrected chi connectivity index (χ3v) is 2.82. The molecule has 0 saturated heterocycles. The fraction of sp³-hybridized carbons (Fsp3) is 0.462. The van der Waals surface area contributed by atoms with Crippen LogP contribution in [0.2, 0.25) is 0 Å². The minimum Gasteiger partial charge on any atom is -0.466 e. The van der Waals surface area contributed by atoms with Crippen molar-refractivity contribution >= 4 is 11.7 Å². The van der Waals surface area contributed by atoms with E-state index in [4.69, 9.17) is 4.74 Å². The fourth-order valence-corrected chi connectivity index (χ4v) is 2.02. The Morgan fingerprint density at radius 1 is 1.50 bits per heavy atom. The molecule has 0 saturated carbocycles. The topological polar surface area (TPSA) is 38.3 Å². The monoisotopic (exact) mass is 219 g/mol. The first-order valence-corrected chi connectivity index (χ1v) is 5.79. The van der Waals surface area contributed by atoms with E-state index in [2.05, 4.69) is 11.4 Å². The lowest BCUT2D eigenvalue weighted by molar-refractivity contribution is -0.144. The molecule has 0 fully saturated rings. The largest absolute Gasteiger partial charge is 0.466 e. The molecule has 0 bridgehead atoms. The Balaban J connectivity index is 1.95. The average Bonchev–Trinajstić information content (AvgIpc) is 2.70. The maximum absolute atomic E-state index is 11.5. The highest BCUT2D eigenvalue weighted by Crippen LogP contribution is 2.33. The van der Waals surface area contributed by atoms with Gasteiger partial charge in [-0.1, -0.05) is 25.1 Å². The van der Waals surface area contributed by atoms with Crippen LogP contribution in [-0.2, 0) is 9.53 Å². The van der Waals surface area contributed by atoms with E-state index < -0.39 is 0 Å². The van der Waals surface area contributed by atoms with Gasteiger partial charge in [-0.25, -0.2) is 0 Å². The third kappa shape index (κ3) is 2.35. The first-order chi connectivity index (χ1) is 7.81. The van der Waals surface area contributed by atoms with E-state index in [9.17, 15) is 4.79 Å². The molecule has 2 rings (SSSR count). The molecule has 0 aliphatic carbocycles. The Kier molecular flexibility index (Phi) is 3.44. The van der Waals surface area contributed by atoms with Crippen molar-refractivity contribution in [2.75, 3.05) is 18.5 Å². The predicted octanol–water partition coefficient (Wildman–Crippen LogP) is 2.54. The fourth-order valence-electron chi connectivity index (χ4n) is 2.02. The molecular weight excluding hydrogens is 202 g/mol. The van der Waals surface area contributed by atoms with Crippen LogP contribution in [-0.4, -0.2) is 19.1 Å². The van der Waals surface area contributed by atoms with Crippen LogP contribution < -0.4 is 5.32 Å². The molecule has 16 heavy (non-hydrogen) atoms. The number of hydrogen-bond acceptors (Lipinski definition) is 3. The Hall–Kier alpha value is -1.51. The Labute approximate surface area is 95.8 Å². The van der Waals surface area contributed by atoms with Gasteiger partial charge in [0.2, 0.25) is 0 Å². The number of esters is 1. The molecule has 86 valence electrons. The van der Waals surface area contributed by atoms with Gasteiger partial charge in [0.15, 0.2) is 0 Å².